The first-order valence-electron chi connectivity index (χ1n) is 8.64. The van der Waals surface area contributed by atoms with Crippen LogP contribution in [0.4, 0.5) is 5.69 Å². The molecule has 0 saturated heterocycles. The van der Waals surface area contributed by atoms with Crippen LogP contribution in [0, 0.1) is 10.1 Å². The van der Waals surface area contributed by atoms with Crippen molar-refractivity contribution in [1.82, 2.24) is 10.2 Å². The van der Waals surface area contributed by atoms with Crippen LogP contribution in [0.1, 0.15) is 38.3 Å². The summed E-state index contributed by atoms with van der Waals surface area (Å²) in [5, 5.41) is 18.6. The summed E-state index contributed by atoms with van der Waals surface area (Å²) < 4.78 is 11.1. The molecule has 0 aliphatic rings. The van der Waals surface area contributed by atoms with Gasteiger partial charge in [-0.15, -0.1) is 10.2 Å². The molecule has 28 heavy (non-hydrogen) atoms. The molecular formula is C20H19N3O5. The van der Waals surface area contributed by atoms with Gasteiger partial charge in [-0.25, -0.2) is 0 Å². The van der Waals surface area contributed by atoms with E-state index in [1.54, 1.807) is 20.8 Å². The lowest BCUT2D eigenvalue weighted by Crippen LogP contribution is -2.31. The minimum Gasteiger partial charge on any atom is -0.452 e. The number of nitro groups is 1. The number of aromatic nitrogens is 2. The number of non-ortho nitro benzene ring substituents is 1. The van der Waals surface area contributed by atoms with Crippen LogP contribution in [0.2, 0.25) is 0 Å². The number of rotatable bonds is 6. The molecule has 3 aromatic rings. The van der Waals surface area contributed by atoms with E-state index in [2.05, 4.69) is 10.2 Å². The number of carbonyl (C=O) groups is 1. The Balaban J connectivity index is 1.72. The van der Waals surface area contributed by atoms with Gasteiger partial charge in [0, 0.05) is 17.7 Å². The van der Waals surface area contributed by atoms with E-state index in [1.165, 1.54) is 24.3 Å². The van der Waals surface area contributed by atoms with Crippen molar-refractivity contribution in [3.63, 3.8) is 0 Å². The number of ether oxygens (including phenoxy) is 1. The number of esters is 1. The van der Waals surface area contributed by atoms with E-state index >= 15 is 0 Å². The van der Waals surface area contributed by atoms with Crippen LogP contribution >= 0.6 is 0 Å². The van der Waals surface area contributed by atoms with Gasteiger partial charge in [-0.2, -0.15) is 0 Å². The summed E-state index contributed by atoms with van der Waals surface area (Å²) in [4.78, 5) is 22.9. The number of nitro benzene ring substituents is 1. The van der Waals surface area contributed by atoms with E-state index in [1.807, 2.05) is 30.3 Å². The van der Waals surface area contributed by atoms with Gasteiger partial charge in [0.15, 0.2) is 6.10 Å². The van der Waals surface area contributed by atoms with Gasteiger partial charge < -0.3 is 9.15 Å². The van der Waals surface area contributed by atoms with Gasteiger partial charge in [0.25, 0.3) is 11.6 Å². The molecule has 144 valence electrons. The molecule has 8 heteroatoms. The molecule has 0 aliphatic heterocycles. The van der Waals surface area contributed by atoms with Crippen LogP contribution in [0.25, 0.3) is 11.5 Å². The van der Waals surface area contributed by atoms with Gasteiger partial charge in [0.05, 0.1) is 10.3 Å². The molecule has 3 rings (SSSR count). The van der Waals surface area contributed by atoms with Crippen molar-refractivity contribution in [2.24, 2.45) is 0 Å². The third kappa shape index (κ3) is 3.90. The van der Waals surface area contributed by atoms with Crippen molar-refractivity contribution >= 4 is 11.7 Å². The van der Waals surface area contributed by atoms with E-state index in [0.717, 1.165) is 5.56 Å². The summed E-state index contributed by atoms with van der Waals surface area (Å²) >= 11 is 0. The molecule has 0 unspecified atom stereocenters. The molecule has 8 nitrogen and oxygen atoms in total. The maximum absolute atomic E-state index is 12.7. The Bertz CT molecular complexity index is 981. The number of carbonyl (C=O) groups excluding carboxylic acids is 1. The zero-order valence-corrected chi connectivity index (χ0v) is 15.7. The Morgan fingerprint density at radius 3 is 2.36 bits per heavy atom. The molecule has 0 saturated carbocycles. The number of hydrogen-bond donors (Lipinski definition) is 0. The molecule has 2 aromatic carbocycles. The van der Waals surface area contributed by atoms with Crippen LogP contribution in [0.15, 0.2) is 59.0 Å². The molecule has 1 heterocycles. The number of hydrogen-bond acceptors (Lipinski definition) is 7. The first-order chi connectivity index (χ1) is 13.3. The Morgan fingerprint density at radius 1 is 1.11 bits per heavy atom. The number of benzene rings is 2. The molecule has 0 bridgehead atoms. The SMILES string of the molecule is C[C@@H](OC(=O)C(C)(C)c1ccccc1)c1nnc(-c2ccc([N+](=O)[O-])cc2)o1. The fourth-order valence-electron chi connectivity index (χ4n) is 2.57. The molecule has 0 N–H and O–H groups in total. The quantitative estimate of drug-likeness (QED) is 0.357. The average Bonchev–Trinajstić information content (AvgIpc) is 3.19. The highest BCUT2D eigenvalue weighted by Gasteiger charge is 2.33. The summed E-state index contributed by atoms with van der Waals surface area (Å²) in [5.41, 5.74) is 0.502. The van der Waals surface area contributed by atoms with Crippen molar-refractivity contribution < 1.29 is 18.9 Å². The van der Waals surface area contributed by atoms with E-state index in [0.29, 0.717) is 5.56 Å². The molecule has 0 spiro atoms. The third-order valence-electron chi connectivity index (χ3n) is 4.40. The molecule has 0 aliphatic carbocycles. The van der Waals surface area contributed by atoms with Crippen LogP contribution < -0.4 is 0 Å². The summed E-state index contributed by atoms with van der Waals surface area (Å²) in [6, 6.07) is 15.1. The second-order valence-corrected chi connectivity index (χ2v) is 6.79. The fraction of sp³-hybridized carbons (Fsp3) is 0.250. The summed E-state index contributed by atoms with van der Waals surface area (Å²) in [6.07, 6.45) is -0.741. The minimum absolute atomic E-state index is 0.0334. The van der Waals surface area contributed by atoms with Gasteiger partial charge in [0.2, 0.25) is 5.89 Å². The third-order valence-corrected chi connectivity index (χ3v) is 4.40. The van der Waals surface area contributed by atoms with Gasteiger partial charge in [0.1, 0.15) is 0 Å². The second kappa shape index (κ2) is 7.59. The van der Waals surface area contributed by atoms with Crippen molar-refractivity contribution in [2.45, 2.75) is 32.3 Å². The maximum Gasteiger partial charge on any atom is 0.316 e. The van der Waals surface area contributed by atoms with Gasteiger partial charge in [-0.05, 0) is 38.5 Å². The average molecular weight is 381 g/mol. The largest absolute Gasteiger partial charge is 0.452 e. The Morgan fingerprint density at radius 2 is 1.75 bits per heavy atom. The molecule has 0 amide bonds. The zero-order valence-electron chi connectivity index (χ0n) is 15.7. The van der Waals surface area contributed by atoms with Gasteiger partial charge in [-0.3, -0.25) is 14.9 Å². The van der Waals surface area contributed by atoms with E-state index in [4.69, 9.17) is 9.15 Å². The predicted molar refractivity (Wildman–Crippen MR) is 100 cm³/mol. The van der Waals surface area contributed by atoms with Crippen LogP contribution in [0.5, 0.6) is 0 Å². The lowest BCUT2D eigenvalue weighted by molar-refractivity contribution is -0.384. The highest BCUT2D eigenvalue weighted by Crippen LogP contribution is 2.29. The van der Waals surface area contributed by atoms with Crippen LogP contribution in [-0.4, -0.2) is 21.1 Å². The number of nitrogens with zero attached hydrogens (tertiary/aromatic N) is 3. The van der Waals surface area contributed by atoms with Crippen molar-refractivity contribution in [2.75, 3.05) is 0 Å². The second-order valence-electron chi connectivity index (χ2n) is 6.79. The maximum atomic E-state index is 12.7. The highest BCUT2D eigenvalue weighted by atomic mass is 16.6. The molecule has 0 radical (unpaired) electrons. The molecule has 1 atom stereocenters. The Hall–Kier alpha value is -3.55. The zero-order chi connectivity index (χ0) is 20.3. The summed E-state index contributed by atoms with van der Waals surface area (Å²) in [6.45, 7) is 5.22. The lowest BCUT2D eigenvalue weighted by atomic mass is 9.85. The Kier molecular flexibility index (Phi) is 5.21. The van der Waals surface area contributed by atoms with Crippen LogP contribution in [-0.2, 0) is 14.9 Å². The first kappa shape index (κ1) is 19.2. The fourth-order valence-corrected chi connectivity index (χ4v) is 2.57. The summed E-state index contributed by atoms with van der Waals surface area (Å²) in [5.74, 6) is -0.0815. The van der Waals surface area contributed by atoms with Gasteiger partial charge in [-0.1, -0.05) is 30.3 Å². The minimum atomic E-state index is -0.837. The monoisotopic (exact) mass is 381 g/mol. The highest BCUT2D eigenvalue weighted by molar-refractivity contribution is 5.82. The topological polar surface area (TPSA) is 108 Å². The molecule has 0 fully saturated rings. The normalized spacial score (nSPS) is 12.4. The van der Waals surface area contributed by atoms with E-state index in [9.17, 15) is 14.9 Å². The van der Waals surface area contributed by atoms with Crippen molar-refractivity contribution in [3.05, 3.63) is 76.2 Å². The predicted octanol–water partition coefficient (Wildman–Crippen LogP) is 4.23. The smallest absolute Gasteiger partial charge is 0.316 e. The van der Waals surface area contributed by atoms with Crippen molar-refractivity contribution in [3.8, 4) is 11.5 Å². The van der Waals surface area contributed by atoms with E-state index < -0.39 is 22.4 Å². The van der Waals surface area contributed by atoms with Crippen molar-refractivity contribution in [1.29, 1.82) is 0 Å². The molecule has 1 aromatic heterocycles. The first-order valence-corrected chi connectivity index (χ1v) is 8.64. The lowest BCUT2D eigenvalue weighted by Gasteiger charge is -2.24. The van der Waals surface area contributed by atoms with Gasteiger partial charge >= 0.3 is 5.97 Å². The summed E-state index contributed by atoms with van der Waals surface area (Å²) in [7, 11) is 0. The Labute approximate surface area is 161 Å². The standard InChI is InChI=1S/C20H19N3O5/c1-13(27-19(24)20(2,3)15-7-5-4-6-8-15)17-21-22-18(28-17)14-9-11-16(12-10-14)23(25)26/h4-13H,1-3H3/t13-/m1/s1. The van der Waals surface area contributed by atoms with Crippen LogP contribution in [0.3, 0.4) is 0 Å². The van der Waals surface area contributed by atoms with E-state index in [-0.39, 0.29) is 17.5 Å². The molecular weight excluding hydrogens is 362 g/mol.